The van der Waals surface area contributed by atoms with Crippen molar-refractivity contribution in [3.8, 4) is 11.5 Å². The van der Waals surface area contributed by atoms with Gasteiger partial charge in [-0.1, -0.05) is 41.9 Å². The van der Waals surface area contributed by atoms with E-state index in [0.717, 1.165) is 16.7 Å². The molecule has 0 unspecified atom stereocenters. The van der Waals surface area contributed by atoms with Gasteiger partial charge in [-0.15, -0.1) is 0 Å². The molecular weight excluding hydrogens is 530 g/mol. The van der Waals surface area contributed by atoms with Gasteiger partial charge in [-0.05, 0) is 65.9 Å². The molecule has 0 saturated carbocycles. The Morgan fingerprint density at radius 3 is 2.39 bits per heavy atom. The lowest BCUT2D eigenvalue weighted by Crippen LogP contribution is -2.36. The number of halogens is 1. The summed E-state index contributed by atoms with van der Waals surface area (Å²) in [4.78, 5) is 50.8. The summed E-state index contributed by atoms with van der Waals surface area (Å²) in [6.45, 7) is -0.670. The highest BCUT2D eigenvalue weighted by atomic mass is 35.5. The van der Waals surface area contributed by atoms with Gasteiger partial charge in [0, 0.05) is 16.4 Å². The molecule has 0 bridgehead atoms. The molecular formula is C27H22ClN3O6S. The third-order valence-electron chi connectivity index (χ3n) is 5.19. The fourth-order valence-electron chi connectivity index (χ4n) is 3.45. The lowest BCUT2D eigenvalue weighted by atomic mass is 10.2. The molecule has 1 saturated heterocycles. The van der Waals surface area contributed by atoms with Crippen LogP contribution in [-0.4, -0.2) is 48.1 Å². The number of nitrogens with zero attached hydrogens (tertiary/aromatic N) is 1. The van der Waals surface area contributed by atoms with E-state index >= 15 is 0 Å². The van der Waals surface area contributed by atoms with Crippen LogP contribution in [-0.2, 0) is 14.4 Å². The molecule has 0 radical (unpaired) electrons. The van der Waals surface area contributed by atoms with Gasteiger partial charge in [-0.3, -0.25) is 24.1 Å². The zero-order valence-electron chi connectivity index (χ0n) is 20.1. The van der Waals surface area contributed by atoms with Crippen LogP contribution in [0.5, 0.6) is 11.5 Å². The second kappa shape index (κ2) is 12.3. The van der Waals surface area contributed by atoms with Crippen LogP contribution < -0.4 is 20.1 Å². The van der Waals surface area contributed by atoms with Gasteiger partial charge < -0.3 is 20.1 Å². The summed E-state index contributed by atoms with van der Waals surface area (Å²) in [5.41, 5.74) is 1.67. The average Bonchev–Trinajstić information content (AvgIpc) is 3.15. The number of carbonyl (C=O) groups is 4. The maximum atomic E-state index is 12.8. The summed E-state index contributed by atoms with van der Waals surface area (Å²) in [6.07, 6.45) is 1.52. The van der Waals surface area contributed by atoms with Crippen LogP contribution in [0.3, 0.4) is 0 Å². The minimum Gasteiger partial charge on any atom is -0.493 e. The van der Waals surface area contributed by atoms with Crippen molar-refractivity contribution in [2.75, 3.05) is 30.9 Å². The van der Waals surface area contributed by atoms with Gasteiger partial charge in [0.05, 0.1) is 12.0 Å². The predicted octanol–water partition coefficient (Wildman–Crippen LogP) is 5.04. The van der Waals surface area contributed by atoms with Crippen LogP contribution in [0.1, 0.15) is 5.56 Å². The van der Waals surface area contributed by atoms with Crippen LogP contribution in [0.25, 0.3) is 6.08 Å². The number of thioether (sulfide) groups is 1. The highest BCUT2D eigenvalue weighted by molar-refractivity contribution is 8.18. The first-order valence-electron chi connectivity index (χ1n) is 11.3. The maximum absolute atomic E-state index is 12.8. The minimum atomic E-state index is -0.585. The molecule has 4 amide bonds. The zero-order valence-corrected chi connectivity index (χ0v) is 21.7. The van der Waals surface area contributed by atoms with E-state index in [1.807, 2.05) is 18.2 Å². The number of benzene rings is 3. The van der Waals surface area contributed by atoms with Gasteiger partial charge in [0.15, 0.2) is 18.1 Å². The fourth-order valence-corrected chi connectivity index (χ4v) is 4.48. The molecule has 0 aromatic heterocycles. The number of nitrogens with one attached hydrogen (secondary N) is 2. The first-order valence-corrected chi connectivity index (χ1v) is 12.5. The Bertz CT molecular complexity index is 1410. The largest absolute Gasteiger partial charge is 0.493 e. The van der Waals surface area contributed by atoms with E-state index in [9.17, 15) is 19.2 Å². The fraction of sp³-hybridized carbons (Fsp3) is 0.111. The van der Waals surface area contributed by atoms with Crippen LogP contribution in [0.15, 0.2) is 77.7 Å². The van der Waals surface area contributed by atoms with Gasteiger partial charge in [0.25, 0.3) is 17.1 Å². The van der Waals surface area contributed by atoms with E-state index in [-0.39, 0.29) is 17.4 Å². The Hall–Kier alpha value is -4.28. The van der Waals surface area contributed by atoms with Crippen molar-refractivity contribution in [2.45, 2.75) is 0 Å². The quantitative estimate of drug-likeness (QED) is 0.358. The Morgan fingerprint density at radius 2 is 1.66 bits per heavy atom. The lowest BCUT2D eigenvalue weighted by Gasteiger charge is -2.13. The van der Waals surface area contributed by atoms with E-state index in [0.29, 0.717) is 33.5 Å². The molecule has 0 atom stereocenters. The number of carbonyl (C=O) groups excluding carboxylic acids is 4. The minimum absolute atomic E-state index is 0.156. The summed E-state index contributed by atoms with van der Waals surface area (Å²) in [6, 6.07) is 20.4. The van der Waals surface area contributed by atoms with E-state index in [2.05, 4.69) is 10.6 Å². The molecule has 3 aromatic rings. The third-order valence-corrected chi connectivity index (χ3v) is 6.33. The van der Waals surface area contributed by atoms with Gasteiger partial charge >= 0.3 is 0 Å². The van der Waals surface area contributed by atoms with Crippen LogP contribution in [0.2, 0.25) is 5.02 Å². The van der Waals surface area contributed by atoms with E-state index in [1.165, 1.54) is 13.2 Å². The molecule has 0 spiro atoms. The second-order valence-electron chi connectivity index (χ2n) is 7.94. The zero-order chi connectivity index (χ0) is 27.1. The summed E-state index contributed by atoms with van der Waals surface area (Å²) in [5.74, 6) is -0.783. The van der Waals surface area contributed by atoms with Crippen molar-refractivity contribution in [1.29, 1.82) is 0 Å². The smallest absolute Gasteiger partial charge is 0.294 e. The topological polar surface area (TPSA) is 114 Å². The average molecular weight is 552 g/mol. The number of ether oxygens (including phenoxy) is 2. The summed E-state index contributed by atoms with van der Waals surface area (Å²) in [5, 5.41) is 5.23. The molecule has 3 aromatic carbocycles. The third kappa shape index (κ3) is 6.93. The van der Waals surface area contributed by atoms with Crippen LogP contribution >= 0.6 is 23.4 Å². The Morgan fingerprint density at radius 1 is 0.921 bits per heavy atom. The molecule has 38 heavy (non-hydrogen) atoms. The highest BCUT2D eigenvalue weighted by Crippen LogP contribution is 2.34. The van der Waals surface area contributed by atoms with Gasteiger partial charge in [0.2, 0.25) is 5.91 Å². The number of anilines is 2. The number of hydrogen-bond acceptors (Lipinski definition) is 7. The summed E-state index contributed by atoms with van der Waals surface area (Å²) < 4.78 is 11.0. The van der Waals surface area contributed by atoms with E-state index in [4.69, 9.17) is 21.1 Å². The standard InChI is InChI=1S/C27H22ClN3O6S/c1-36-22-12-17(10-11-21(22)37-16-25(33)29-19-7-3-2-4-8-19)13-23-26(34)31(27(35)38-23)15-24(32)30-20-9-5-6-18(28)14-20/h2-14H,15-16H2,1H3,(H,29,33)(H,30,32)/b23-13-. The van der Waals surface area contributed by atoms with Crippen molar-refractivity contribution in [3.63, 3.8) is 0 Å². The Balaban J connectivity index is 1.38. The molecule has 1 aliphatic heterocycles. The molecule has 1 fully saturated rings. The number of rotatable bonds is 9. The van der Waals surface area contributed by atoms with Crippen molar-refractivity contribution in [3.05, 3.63) is 88.3 Å². The number of hydrogen-bond donors (Lipinski definition) is 2. The van der Waals surface area contributed by atoms with Gasteiger partial charge in [-0.25, -0.2) is 0 Å². The maximum Gasteiger partial charge on any atom is 0.294 e. The van der Waals surface area contributed by atoms with E-state index < -0.39 is 23.6 Å². The van der Waals surface area contributed by atoms with Crippen molar-refractivity contribution < 1.29 is 28.7 Å². The number of imide groups is 1. The Labute approximate surface area is 227 Å². The van der Waals surface area contributed by atoms with Gasteiger partial charge in [0.1, 0.15) is 6.54 Å². The molecule has 2 N–H and O–H groups in total. The lowest BCUT2D eigenvalue weighted by molar-refractivity contribution is -0.127. The normalized spacial score (nSPS) is 13.9. The SMILES string of the molecule is COc1cc(/C=C2\SC(=O)N(CC(=O)Nc3cccc(Cl)c3)C2=O)ccc1OCC(=O)Nc1ccccc1. The monoisotopic (exact) mass is 551 g/mol. The molecule has 9 nitrogen and oxygen atoms in total. The van der Waals surface area contributed by atoms with Crippen molar-refractivity contribution in [2.24, 2.45) is 0 Å². The highest BCUT2D eigenvalue weighted by Gasteiger charge is 2.36. The molecule has 1 heterocycles. The molecule has 194 valence electrons. The van der Waals surface area contributed by atoms with Gasteiger partial charge in [-0.2, -0.15) is 0 Å². The molecule has 11 heteroatoms. The number of para-hydroxylation sites is 1. The van der Waals surface area contributed by atoms with Crippen molar-refractivity contribution in [1.82, 2.24) is 4.90 Å². The summed E-state index contributed by atoms with van der Waals surface area (Å²) >= 11 is 6.65. The molecule has 0 aliphatic carbocycles. The Kier molecular flexibility index (Phi) is 8.67. The first-order chi connectivity index (χ1) is 18.3. The number of methoxy groups -OCH3 is 1. The van der Waals surface area contributed by atoms with Crippen LogP contribution in [0, 0.1) is 0 Å². The molecule has 1 aliphatic rings. The second-order valence-corrected chi connectivity index (χ2v) is 9.37. The first kappa shape index (κ1) is 26.8. The van der Waals surface area contributed by atoms with Crippen LogP contribution in [0.4, 0.5) is 16.2 Å². The summed E-state index contributed by atoms with van der Waals surface area (Å²) in [7, 11) is 1.45. The van der Waals surface area contributed by atoms with E-state index in [1.54, 1.807) is 54.6 Å². The van der Waals surface area contributed by atoms with Crippen molar-refractivity contribution >= 4 is 63.8 Å². The predicted molar refractivity (Wildman–Crippen MR) is 146 cm³/mol. The number of amides is 4. The molecule has 4 rings (SSSR count).